The number of nitrogens with one attached hydrogen (secondary N) is 2. The fraction of sp³-hybridized carbons (Fsp3) is 0.400. The van der Waals surface area contributed by atoms with Crippen LogP contribution in [-0.4, -0.2) is 43.3 Å². The third-order valence-corrected chi connectivity index (χ3v) is 11.0. The number of nitrogens with zero attached hydrogens (tertiary/aromatic N) is 1. The number of fused-ring (bicyclic) bond motifs is 4. The SMILES string of the molecule is Cc1ccc(S(=O)(=O)NC[C@@H](C)c2c(-c3ccccc3)[nH]c3ccc(C(C)(C)C(=O)N4CC5CCC4CC5)cc23)cc1. The van der Waals surface area contributed by atoms with Crippen LogP contribution < -0.4 is 4.72 Å². The molecule has 3 heterocycles. The van der Waals surface area contributed by atoms with Gasteiger partial charge in [0.25, 0.3) is 0 Å². The molecule has 0 radical (unpaired) electrons. The zero-order valence-electron chi connectivity index (χ0n) is 25.0. The zero-order chi connectivity index (χ0) is 29.6. The Morgan fingerprint density at radius 2 is 1.69 bits per heavy atom. The number of sulfonamides is 1. The number of aromatic nitrogens is 1. The maximum absolute atomic E-state index is 14.0. The molecule has 3 fully saturated rings. The first kappa shape index (κ1) is 28.7. The van der Waals surface area contributed by atoms with Crippen LogP contribution in [-0.2, 0) is 20.2 Å². The van der Waals surface area contributed by atoms with E-state index in [4.69, 9.17) is 0 Å². The van der Waals surface area contributed by atoms with Crippen LogP contribution in [0.1, 0.15) is 69.1 Å². The summed E-state index contributed by atoms with van der Waals surface area (Å²) in [5, 5.41) is 1.02. The molecule has 42 heavy (non-hydrogen) atoms. The quantitative estimate of drug-likeness (QED) is 0.237. The number of H-pyrrole nitrogens is 1. The van der Waals surface area contributed by atoms with Gasteiger partial charge in [-0.15, -0.1) is 0 Å². The summed E-state index contributed by atoms with van der Waals surface area (Å²) in [4.78, 5) is 20.0. The van der Waals surface area contributed by atoms with E-state index in [9.17, 15) is 13.2 Å². The fourth-order valence-electron chi connectivity index (χ4n) is 6.88. The molecule has 2 N–H and O–H groups in total. The number of carbonyl (C=O) groups excluding carboxylic acids is 1. The largest absolute Gasteiger partial charge is 0.354 e. The van der Waals surface area contributed by atoms with Crippen LogP contribution >= 0.6 is 0 Å². The molecule has 220 valence electrons. The first-order chi connectivity index (χ1) is 20.0. The van der Waals surface area contributed by atoms with Crippen molar-refractivity contribution in [3.8, 4) is 11.3 Å². The van der Waals surface area contributed by atoms with Crippen molar-refractivity contribution in [2.24, 2.45) is 5.92 Å². The summed E-state index contributed by atoms with van der Waals surface area (Å²) < 4.78 is 29.1. The molecule has 0 unspecified atom stereocenters. The number of carbonyl (C=O) groups is 1. The summed E-state index contributed by atoms with van der Waals surface area (Å²) >= 11 is 0. The van der Waals surface area contributed by atoms with E-state index in [1.165, 1.54) is 12.8 Å². The maximum Gasteiger partial charge on any atom is 0.240 e. The van der Waals surface area contributed by atoms with E-state index in [0.717, 1.165) is 58.2 Å². The molecule has 0 spiro atoms. The first-order valence-electron chi connectivity index (χ1n) is 15.1. The van der Waals surface area contributed by atoms with Gasteiger partial charge in [0, 0.05) is 30.0 Å². The van der Waals surface area contributed by atoms with Gasteiger partial charge in [-0.05, 0) is 99.2 Å². The predicted octanol–water partition coefficient (Wildman–Crippen LogP) is 6.90. The van der Waals surface area contributed by atoms with Gasteiger partial charge in [-0.25, -0.2) is 13.1 Å². The average molecular weight is 584 g/mol. The Kier molecular flexibility index (Phi) is 7.52. The monoisotopic (exact) mass is 583 g/mol. The Labute approximate surface area is 249 Å². The van der Waals surface area contributed by atoms with E-state index in [0.29, 0.717) is 12.0 Å². The summed E-state index contributed by atoms with van der Waals surface area (Å²) in [6, 6.07) is 23.7. The Bertz CT molecular complexity index is 1700. The van der Waals surface area contributed by atoms with Gasteiger partial charge in [0.15, 0.2) is 0 Å². The number of hydrogen-bond donors (Lipinski definition) is 2. The minimum Gasteiger partial charge on any atom is -0.354 e. The van der Waals surface area contributed by atoms with E-state index in [1.54, 1.807) is 12.1 Å². The number of hydrogen-bond acceptors (Lipinski definition) is 3. The Morgan fingerprint density at radius 1 is 1.00 bits per heavy atom. The molecule has 1 aromatic heterocycles. The molecule has 1 atom stereocenters. The number of amides is 1. The van der Waals surface area contributed by atoms with E-state index in [-0.39, 0.29) is 23.3 Å². The third kappa shape index (κ3) is 5.29. The van der Waals surface area contributed by atoms with Gasteiger partial charge in [0.2, 0.25) is 15.9 Å². The van der Waals surface area contributed by atoms with Crippen LogP contribution in [0.2, 0.25) is 0 Å². The summed E-state index contributed by atoms with van der Waals surface area (Å²) in [6.45, 7) is 9.20. The van der Waals surface area contributed by atoms with Crippen LogP contribution in [0.25, 0.3) is 22.2 Å². The molecule has 2 bridgehead atoms. The van der Waals surface area contributed by atoms with Crippen LogP contribution in [0.3, 0.4) is 0 Å². The number of rotatable bonds is 8. The van der Waals surface area contributed by atoms with E-state index in [2.05, 4.69) is 51.9 Å². The van der Waals surface area contributed by atoms with E-state index >= 15 is 0 Å². The molecule has 4 aromatic rings. The van der Waals surface area contributed by atoms with E-state index < -0.39 is 15.4 Å². The van der Waals surface area contributed by atoms with E-state index in [1.807, 2.05) is 51.1 Å². The van der Waals surface area contributed by atoms with Crippen molar-refractivity contribution in [3.63, 3.8) is 0 Å². The molecular formula is C35H41N3O3S. The van der Waals surface area contributed by atoms with Crippen molar-refractivity contribution in [2.45, 2.75) is 75.6 Å². The second kappa shape index (κ2) is 11.0. The number of benzene rings is 3. The molecule has 3 aromatic carbocycles. The molecule has 1 aliphatic carbocycles. The van der Waals surface area contributed by atoms with Crippen molar-refractivity contribution in [1.29, 1.82) is 0 Å². The van der Waals surface area contributed by atoms with Crippen LogP contribution in [0.4, 0.5) is 0 Å². The summed E-state index contributed by atoms with van der Waals surface area (Å²) in [7, 11) is -3.66. The van der Waals surface area contributed by atoms with Crippen LogP contribution in [0.15, 0.2) is 77.7 Å². The Balaban J connectivity index is 1.36. The first-order valence-corrected chi connectivity index (χ1v) is 16.6. The highest BCUT2D eigenvalue weighted by Crippen LogP contribution is 2.41. The number of piperidine rings is 2. The zero-order valence-corrected chi connectivity index (χ0v) is 25.8. The van der Waals surface area contributed by atoms with Crippen molar-refractivity contribution < 1.29 is 13.2 Å². The summed E-state index contributed by atoms with van der Waals surface area (Å²) in [5.74, 6) is 0.697. The minimum atomic E-state index is -3.66. The maximum atomic E-state index is 14.0. The second-order valence-corrected chi connectivity index (χ2v) is 14.6. The highest BCUT2D eigenvalue weighted by atomic mass is 32.2. The summed E-state index contributed by atoms with van der Waals surface area (Å²) in [6.07, 6.45) is 4.70. The van der Waals surface area contributed by atoms with Crippen molar-refractivity contribution in [1.82, 2.24) is 14.6 Å². The molecule has 7 rings (SSSR count). The minimum absolute atomic E-state index is 0.138. The molecule has 7 heteroatoms. The highest BCUT2D eigenvalue weighted by Gasteiger charge is 2.42. The second-order valence-electron chi connectivity index (χ2n) is 12.9. The Morgan fingerprint density at radius 3 is 2.33 bits per heavy atom. The van der Waals surface area contributed by atoms with Gasteiger partial charge in [-0.1, -0.05) is 61.0 Å². The highest BCUT2D eigenvalue weighted by molar-refractivity contribution is 7.89. The van der Waals surface area contributed by atoms with Gasteiger partial charge in [0.1, 0.15) is 0 Å². The molecule has 3 aliphatic rings. The van der Waals surface area contributed by atoms with Crippen LogP contribution in [0, 0.1) is 12.8 Å². The van der Waals surface area contributed by atoms with Gasteiger partial charge in [-0.2, -0.15) is 0 Å². The fourth-order valence-corrected chi connectivity index (χ4v) is 8.01. The summed E-state index contributed by atoms with van der Waals surface area (Å²) in [5.41, 5.74) is 5.35. The van der Waals surface area contributed by atoms with Gasteiger partial charge in [-0.3, -0.25) is 4.79 Å². The lowest BCUT2D eigenvalue weighted by molar-refractivity contribution is -0.144. The smallest absolute Gasteiger partial charge is 0.240 e. The average Bonchev–Trinajstić information content (AvgIpc) is 3.40. The third-order valence-electron chi connectivity index (χ3n) is 9.53. The molecule has 2 saturated heterocycles. The molecule has 1 saturated carbocycles. The van der Waals surface area contributed by atoms with Crippen molar-refractivity contribution >= 4 is 26.8 Å². The van der Waals surface area contributed by atoms with Gasteiger partial charge >= 0.3 is 0 Å². The normalized spacial score (nSPS) is 19.8. The topological polar surface area (TPSA) is 82.3 Å². The lowest BCUT2D eigenvalue weighted by Crippen LogP contribution is -2.55. The lowest BCUT2D eigenvalue weighted by Gasteiger charge is -2.47. The molecular weight excluding hydrogens is 542 g/mol. The number of aromatic amines is 1. The number of aryl methyl sites for hydroxylation is 1. The lowest BCUT2D eigenvalue weighted by atomic mass is 9.76. The molecule has 6 nitrogen and oxygen atoms in total. The van der Waals surface area contributed by atoms with Crippen molar-refractivity contribution in [2.75, 3.05) is 13.1 Å². The van der Waals surface area contributed by atoms with Gasteiger partial charge in [0.05, 0.1) is 16.0 Å². The molecule has 2 aliphatic heterocycles. The Hall–Kier alpha value is -3.42. The standard InChI is InChI=1S/C35H41N3O3S/c1-23-10-17-29(18-11-23)42(40,41)36-21-24(2)32-30-20-27(14-19-31(30)37-33(32)26-8-6-5-7-9-26)35(3,4)34(39)38-22-25-12-15-28(38)16-13-25/h5-11,14,17-20,24-25,28,36-37H,12-13,15-16,21-22H2,1-4H3/t24-,25?,28?/m1/s1. The van der Waals surface area contributed by atoms with Crippen molar-refractivity contribution in [3.05, 3.63) is 89.5 Å². The predicted molar refractivity (Wildman–Crippen MR) is 169 cm³/mol. The molecule has 1 amide bonds. The van der Waals surface area contributed by atoms with Gasteiger partial charge < -0.3 is 9.88 Å². The van der Waals surface area contributed by atoms with Crippen LogP contribution in [0.5, 0.6) is 0 Å².